The van der Waals surface area contributed by atoms with Crippen molar-refractivity contribution >= 4 is 5.96 Å². The summed E-state index contributed by atoms with van der Waals surface area (Å²) in [6, 6.07) is 0. The molecule has 0 rings (SSSR count). The van der Waals surface area contributed by atoms with Gasteiger partial charge >= 0.3 is 0 Å². The molecule has 0 aromatic rings. The summed E-state index contributed by atoms with van der Waals surface area (Å²) >= 11 is 0. The molecule has 0 aromatic carbocycles. The van der Waals surface area contributed by atoms with Gasteiger partial charge in [0.1, 0.15) is 0 Å². The number of hydrogen-bond donors (Lipinski definition) is 3. The minimum Gasteiger partial charge on any atom is -0.360 e. The summed E-state index contributed by atoms with van der Waals surface area (Å²) in [7, 11) is 1.73. The van der Waals surface area contributed by atoms with E-state index in [0.29, 0.717) is 5.96 Å². The highest BCUT2D eigenvalue weighted by molar-refractivity contribution is 5.75. The van der Waals surface area contributed by atoms with Gasteiger partial charge < -0.3 is 10.6 Å². The molecular formula is C7H16N3. The van der Waals surface area contributed by atoms with Crippen LogP contribution >= 0.6 is 0 Å². The molecule has 0 bridgehead atoms. The average molecular weight is 142 g/mol. The Bertz CT molecular complexity index is 90.9. The summed E-state index contributed by atoms with van der Waals surface area (Å²) in [5, 5.41) is 12.7. The topological polar surface area (TPSA) is 47.9 Å². The quantitative estimate of drug-likeness (QED) is 0.308. The van der Waals surface area contributed by atoms with Crippen molar-refractivity contribution in [2.24, 2.45) is 0 Å². The first-order valence-corrected chi connectivity index (χ1v) is 3.60. The summed E-state index contributed by atoms with van der Waals surface area (Å²) in [4.78, 5) is 0. The van der Waals surface area contributed by atoms with Crippen molar-refractivity contribution in [3.05, 3.63) is 6.92 Å². The minimum atomic E-state index is 0.393. The second kappa shape index (κ2) is 6.39. The molecular weight excluding hydrogens is 126 g/mol. The van der Waals surface area contributed by atoms with Gasteiger partial charge in [-0.25, -0.2) is 0 Å². The Morgan fingerprint density at radius 2 is 2.20 bits per heavy atom. The molecule has 59 valence electrons. The van der Waals surface area contributed by atoms with Crippen molar-refractivity contribution in [1.82, 2.24) is 10.6 Å². The van der Waals surface area contributed by atoms with Gasteiger partial charge in [-0.1, -0.05) is 19.8 Å². The van der Waals surface area contributed by atoms with E-state index >= 15 is 0 Å². The summed E-state index contributed by atoms with van der Waals surface area (Å²) in [6.45, 7) is 4.60. The maximum atomic E-state index is 7.14. The van der Waals surface area contributed by atoms with Gasteiger partial charge in [0, 0.05) is 13.6 Å². The van der Waals surface area contributed by atoms with Crippen LogP contribution in [0.15, 0.2) is 0 Å². The molecule has 10 heavy (non-hydrogen) atoms. The molecule has 0 amide bonds. The molecule has 0 saturated carbocycles. The van der Waals surface area contributed by atoms with E-state index in [1.54, 1.807) is 7.05 Å². The smallest absolute Gasteiger partial charge is 0.188 e. The van der Waals surface area contributed by atoms with E-state index in [0.717, 1.165) is 25.8 Å². The predicted molar refractivity (Wildman–Crippen MR) is 44.0 cm³/mol. The number of nitrogens with one attached hydrogen (secondary N) is 3. The fraction of sp³-hybridized carbons (Fsp3) is 0.714. The highest BCUT2D eigenvalue weighted by Gasteiger charge is 1.88. The highest BCUT2D eigenvalue weighted by atomic mass is 15.1. The normalized spacial score (nSPS) is 9.00. The lowest BCUT2D eigenvalue weighted by Crippen LogP contribution is -2.34. The Hall–Kier alpha value is -0.730. The Morgan fingerprint density at radius 1 is 1.50 bits per heavy atom. The molecule has 0 aliphatic rings. The minimum absolute atomic E-state index is 0.393. The lowest BCUT2D eigenvalue weighted by molar-refractivity contribution is 0.707. The Labute approximate surface area is 62.7 Å². The molecule has 0 unspecified atom stereocenters. The lowest BCUT2D eigenvalue weighted by Gasteiger charge is -2.04. The zero-order chi connectivity index (χ0) is 7.82. The van der Waals surface area contributed by atoms with E-state index in [4.69, 9.17) is 5.41 Å². The van der Waals surface area contributed by atoms with Gasteiger partial charge in [-0.2, -0.15) is 0 Å². The van der Waals surface area contributed by atoms with E-state index < -0.39 is 0 Å². The molecule has 0 aliphatic carbocycles. The van der Waals surface area contributed by atoms with Crippen molar-refractivity contribution < 1.29 is 0 Å². The molecule has 0 fully saturated rings. The van der Waals surface area contributed by atoms with Crippen LogP contribution in [-0.2, 0) is 0 Å². The Kier molecular flexibility index (Phi) is 5.92. The van der Waals surface area contributed by atoms with Gasteiger partial charge in [-0.15, -0.1) is 0 Å². The molecule has 0 spiro atoms. The van der Waals surface area contributed by atoms with Gasteiger partial charge in [0.25, 0.3) is 0 Å². The summed E-state index contributed by atoms with van der Waals surface area (Å²) in [6.07, 6.45) is 3.20. The Morgan fingerprint density at radius 3 is 2.70 bits per heavy atom. The maximum absolute atomic E-state index is 7.14. The third kappa shape index (κ3) is 5.41. The fourth-order valence-corrected chi connectivity index (χ4v) is 0.604. The molecule has 3 nitrogen and oxygen atoms in total. The second-order valence-electron chi connectivity index (χ2n) is 2.11. The van der Waals surface area contributed by atoms with Gasteiger partial charge in [-0.05, 0) is 6.42 Å². The van der Waals surface area contributed by atoms with Gasteiger partial charge in [0.2, 0.25) is 0 Å². The number of hydrogen-bond acceptors (Lipinski definition) is 1. The molecule has 0 saturated heterocycles. The monoisotopic (exact) mass is 142 g/mol. The highest BCUT2D eigenvalue weighted by Crippen LogP contribution is 1.89. The van der Waals surface area contributed by atoms with Gasteiger partial charge in [0.15, 0.2) is 5.96 Å². The van der Waals surface area contributed by atoms with Crippen LogP contribution < -0.4 is 10.6 Å². The molecule has 3 N–H and O–H groups in total. The first-order chi connectivity index (χ1) is 4.81. The van der Waals surface area contributed by atoms with Gasteiger partial charge in [-0.3, -0.25) is 5.41 Å². The van der Waals surface area contributed by atoms with Crippen molar-refractivity contribution in [3.8, 4) is 0 Å². The number of unbranched alkanes of at least 4 members (excludes halogenated alkanes) is 2. The third-order valence-corrected chi connectivity index (χ3v) is 1.23. The molecule has 0 heterocycles. The summed E-state index contributed by atoms with van der Waals surface area (Å²) in [5.74, 6) is 0.393. The lowest BCUT2D eigenvalue weighted by atomic mass is 10.2. The molecule has 0 aliphatic heterocycles. The molecule has 0 aromatic heterocycles. The van der Waals surface area contributed by atoms with Crippen molar-refractivity contribution in [2.75, 3.05) is 13.6 Å². The van der Waals surface area contributed by atoms with E-state index in [1.807, 2.05) is 0 Å². The van der Waals surface area contributed by atoms with Crippen molar-refractivity contribution in [3.63, 3.8) is 0 Å². The van der Waals surface area contributed by atoms with E-state index in [-0.39, 0.29) is 0 Å². The molecule has 1 radical (unpaired) electrons. The average Bonchev–Trinajstić information content (AvgIpc) is 1.98. The largest absolute Gasteiger partial charge is 0.360 e. The summed E-state index contributed by atoms with van der Waals surface area (Å²) < 4.78 is 0. The van der Waals surface area contributed by atoms with Crippen molar-refractivity contribution in [2.45, 2.75) is 19.3 Å². The first-order valence-electron chi connectivity index (χ1n) is 3.60. The number of rotatable bonds is 4. The van der Waals surface area contributed by atoms with Crippen LogP contribution in [0.5, 0.6) is 0 Å². The standard InChI is InChI=1S/C7H16N3/c1-3-4-5-6-10-7(8)9-2/h1,3-6H2,2H3,(H3,8,9,10). The molecule has 0 atom stereocenters. The van der Waals surface area contributed by atoms with Crippen LogP contribution in [0.25, 0.3) is 0 Å². The van der Waals surface area contributed by atoms with Crippen LogP contribution in [0.3, 0.4) is 0 Å². The van der Waals surface area contributed by atoms with Crippen molar-refractivity contribution in [1.29, 1.82) is 5.41 Å². The Balaban J connectivity index is 2.96. The molecule has 3 heteroatoms. The predicted octanol–water partition coefficient (Wildman–Crippen LogP) is 0.735. The number of guanidine groups is 1. The van der Waals surface area contributed by atoms with Crippen LogP contribution in [0.4, 0.5) is 0 Å². The van der Waals surface area contributed by atoms with E-state index in [9.17, 15) is 0 Å². The van der Waals surface area contributed by atoms with Gasteiger partial charge in [0.05, 0.1) is 0 Å². The van der Waals surface area contributed by atoms with E-state index in [2.05, 4.69) is 17.6 Å². The first kappa shape index (κ1) is 9.27. The zero-order valence-electron chi connectivity index (χ0n) is 6.54. The van der Waals surface area contributed by atoms with Crippen LogP contribution in [0.1, 0.15) is 19.3 Å². The van der Waals surface area contributed by atoms with E-state index in [1.165, 1.54) is 0 Å². The summed E-state index contributed by atoms with van der Waals surface area (Å²) in [5.41, 5.74) is 0. The SMILES string of the molecule is [CH2]CCCCNC(=N)NC. The second-order valence-corrected chi connectivity index (χ2v) is 2.11. The zero-order valence-corrected chi connectivity index (χ0v) is 6.54. The van der Waals surface area contributed by atoms with Crippen LogP contribution in [0.2, 0.25) is 0 Å². The third-order valence-electron chi connectivity index (χ3n) is 1.23. The van der Waals surface area contributed by atoms with Crippen LogP contribution in [-0.4, -0.2) is 19.6 Å². The fourth-order valence-electron chi connectivity index (χ4n) is 0.604. The maximum Gasteiger partial charge on any atom is 0.188 e. The van der Waals surface area contributed by atoms with Crippen LogP contribution in [0, 0.1) is 12.3 Å².